The van der Waals surface area contributed by atoms with Gasteiger partial charge in [0.1, 0.15) is 0 Å². The summed E-state index contributed by atoms with van der Waals surface area (Å²) in [5.74, 6) is 0. The molecule has 0 amide bonds. The van der Waals surface area contributed by atoms with Crippen molar-refractivity contribution >= 4 is 11.6 Å². The fourth-order valence-corrected chi connectivity index (χ4v) is 2.42. The molecule has 3 nitrogen and oxygen atoms in total. The van der Waals surface area contributed by atoms with E-state index in [9.17, 15) is 0 Å². The van der Waals surface area contributed by atoms with Crippen LogP contribution >= 0.6 is 11.6 Å². The molecule has 1 N–H and O–H groups in total. The van der Waals surface area contributed by atoms with Crippen molar-refractivity contribution in [3.63, 3.8) is 0 Å². The van der Waals surface area contributed by atoms with Crippen LogP contribution in [0.15, 0.2) is 24.3 Å². The Morgan fingerprint density at radius 3 is 3.11 bits per heavy atom. The molecule has 1 atom stereocenters. The van der Waals surface area contributed by atoms with Gasteiger partial charge in [-0.05, 0) is 37.7 Å². The molecule has 1 heterocycles. The standard InChI is InChI=1S/C14H21ClN2O/c1-17(7-5-14-11-18-8-6-16-14)10-12-3-2-4-13(15)9-12/h2-4,9,14,16H,5-8,10-11H2,1H3. The minimum Gasteiger partial charge on any atom is -0.379 e. The van der Waals surface area contributed by atoms with Crippen molar-refractivity contribution in [1.82, 2.24) is 10.2 Å². The Morgan fingerprint density at radius 1 is 1.50 bits per heavy atom. The molecule has 100 valence electrons. The van der Waals surface area contributed by atoms with Gasteiger partial charge in [-0.25, -0.2) is 0 Å². The lowest BCUT2D eigenvalue weighted by atomic mass is 10.1. The molecule has 2 rings (SSSR count). The monoisotopic (exact) mass is 268 g/mol. The molecule has 18 heavy (non-hydrogen) atoms. The molecule has 0 spiro atoms. The smallest absolute Gasteiger partial charge is 0.0620 e. The summed E-state index contributed by atoms with van der Waals surface area (Å²) in [5.41, 5.74) is 1.26. The number of nitrogens with zero attached hydrogens (tertiary/aromatic N) is 1. The Labute approximate surface area is 114 Å². The normalized spacial score (nSPS) is 20.3. The second kappa shape index (κ2) is 7.10. The highest BCUT2D eigenvalue weighted by molar-refractivity contribution is 6.30. The third-order valence-electron chi connectivity index (χ3n) is 3.20. The van der Waals surface area contributed by atoms with Gasteiger partial charge >= 0.3 is 0 Å². The summed E-state index contributed by atoms with van der Waals surface area (Å²) in [6, 6.07) is 8.56. The van der Waals surface area contributed by atoms with Crippen LogP contribution in [0.25, 0.3) is 0 Å². The highest BCUT2D eigenvalue weighted by Crippen LogP contribution is 2.12. The van der Waals surface area contributed by atoms with Gasteiger partial charge in [-0.1, -0.05) is 23.7 Å². The third-order valence-corrected chi connectivity index (χ3v) is 3.43. The first-order chi connectivity index (χ1) is 8.74. The van der Waals surface area contributed by atoms with E-state index in [1.807, 2.05) is 18.2 Å². The summed E-state index contributed by atoms with van der Waals surface area (Å²) in [6.07, 6.45) is 1.12. The summed E-state index contributed by atoms with van der Waals surface area (Å²) in [4.78, 5) is 2.32. The van der Waals surface area contributed by atoms with Crippen molar-refractivity contribution in [2.45, 2.75) is 19.0 Å². The quantitative estimate of drug-likeness (QED) is 0.886. The maximum Gasteiger partial charge on any atom is 0.0620 e. The molecule has 0 bridgehead atoms. The van der Waals surface area contributed by atoms with E-state index in [-0.39, 0.29) is 0 Å². The number of hydrogen-bond acceptors (Lipinski definition) is 3. The molecule has 1 aliphatic heterocycles. The minimum absolute atomic E-state index is 0.501. The Kier molecular flexibility index (Phi) is 5.45. The number of rotatable bonds is 5. The zero-order chi connectivity index (χ0) is 12.8. The number of nitrogens with one attached hydrogen (secondary N) is 1. The second-order valence-corrected chi connectivity index (χ2v) is 5.32. The van der Waals surface area contributed by atoms with Crippen LogP contribution < -0.4 is 5.32 Å². The molecule has 0 radical (unpaired) electrons. The molecule has 1 aromatic rings. The van der Waals surface area contributed by atoms with Crippen LogP contribution in [0.3, 0.4) is 0 Å². The molecule has 4 heteroatoms. The Hall–Kier alpha value is -0.610. The Morgan fingerprint density at radius 2 is 2.39 bits per heavy atom. The van der Waals surface area contributed by atoms with Gasteiger partial charge in [0, 0.05) is 24.2 Å². The first-order valence-corrected chi connectivity index (χ1v) is 6.86. The van der Waals surface area contributed by atoms with Crippen molar-refractivity contribution in [3.05, 3.63) is 34.9 Å². The van der Waals surface area contributed by atoms with Gasteiger partial charge in [-0.3, -0.25) is 0 Å². The minimum atomic E-state index is 0.501. The van der Waals surface area contributed by atoms with Crippen molar-refractivity contribution < 1.29 is 4.74 Å². The van der Waals surface area contributed by atoms with E-state index >= 15 is 0 Å². The van der Waals surface area contributed by atoms with Gasteiger partial charge in [0.15, 0.2) is 0 Å². The molecule has 1 fully saturated rings. The second-order valence-electron chi connectivity index (χ2n) is 4.88. The molecular weight excluding hydrogens is 248 g/mol. The lowest BCUT2D eigenvalue weighted by molar-refractivity contribution is 0.0708. The zero-order valence-corrected chi connectivity index (χ0v) is 11.6. The number of morpholine rings is 1. The van der Waals surface area contributed by atoms with Gasteiger partial charge in [0.05, 0.1) is 13.2 Å². The predicted molar refractivity (Wildman–Crippen MR) is 75.0 cm³/mol. The summed E-state index contributed by atoms with van der Waals surface area (Å²) < 4.78 is 5.45. The third kappa shape index (κ3) is 4.58. The summed E-state index contributed by atoms with van der Waals surface area (Å²) >= 11 is 5.98. The first-order valence-electron chi connectivity index (χ1n) is 6.48. The van der Waals surface area contributed by atoms with Crippen molar-refractivity contribution in [3.8, 4) is 0 Å². The van der Waals surface area contributed by atoms with Gasteiger partial charge in [0.25, 0.3) is 0 Å². The average molecular weight is 269 g/mol. The predicted octanol–water partition coefficient (Wildman–Crippen LogP) is 2.15. The van der Waals surface area contributed by atoms with Crippen LogP contribution in [-0.4, -0.2) is 44.3 Å². The highest BCUT2D eigenvalue weighted by Gasteiger charge is 2.13. The first kappa shape index (κ1) is 13.8. The lowest BCUT2D eigenvalue weighted by Gasteiger charge is -2.26. The van der Waals surface area contributed by atoms with Crippen LogP contribution in [-0.2, 0) is 11.3 Å². The molecule has 0 aliphatic carbocycles. The van der Waals surface area contributed by atoms with E-state index in [0.29, 0.717) is 6.04 Å². The average Bonchev–Trinajstić information content (AvgIpc) is 2.38. The van der Waals surface area contributed by atoms with E-state index in [1.54, 1.807) is 0 Å². The van der Waals surface area contributed by atoms with Crippen LogP contribution in [0.2, 0.25) is 5.02 Å². The topological polar surface area (TPSA) is 24.5 Å². The molecule has 0 aromatic heterocycles. The summed E-state index contributed by atoms with van der Waals surface area (Å²) in [7, 11) is 2.14. The van der Waals surface area contributed by atoms with E-state index in [1.165, 1.54) is 5.56 Å². The number of benzene rings is 1. The summed E-state index contributed by atoms with van der Waals surface area (Å²) in [5, 5.41) is 4.28. The molecule has 1 aromatic carbocycles. The maximum absolute atomic E-state index is 5.98. The van der Waals surface area contributed by atoms with Crippen molar-refractivity contribution in [2.75, 3.05) is 33.4 Å². The van der Waals surface area contributed by atoms with Crippen LogP contribution in [0, 0.1) is 0 Å². The van der Waals surface area contributed by atoms with Crippen LogP contribution in [0.1, 0.15) is 12.0 Å². The van der Waals surface area contributed by atoms with E-state index < -0.39 is 0 Å². The zero-order valence-electron chi connectivity index (χ0n) is 10.9. The van der Waals surface area contributed by atoms with E-state index in [0.717, 1.165) is 44.3 Å². The van der Waals surface area contributed by atoms with Crippen molar-refractivity contribution in [2.24, 2.45) is 0 Å². The fourth-order valence-electron chi connectivity index (χ4n) is 2.21. The molecule has 0 saturated carbocycles. The number of halogens is 1. The number of ether oxygens (including phenoxy) is 1. The van der Waals surface area contributed by atoms with Gasteiger partial charge in [-0.15, -0.1) is 0 Å². The maximum atomic E-state index is 5.98. The number of hydrogen-bond donors (Lipinski definition) is 1. The Bertz CT molecular complexity index is 367. The van der Waals surface area contributed by atoms with Gasteiger partial charge in [-0.2, -0.15) is 0 Å². The van der Waals surface area contributed by atoms with Gasteiger partial charge in [0.2, 0.25) is 0 Å². The van der Waals surface area contributed by atoms with Crippen LogP contribution in [0.4, 0.5) is 0 Å². The molecule has 1 saturated heterocycles. The SMILES string of the molecule is CN(CCC1COCCN1)Cc1cccc(Cl)c1. The van der Waals surface area contributed by atoms with E-state index in [2.05, 4.69) is 23.3 Å². The Balaban J connectivity index is 1.72. The van der Waals surface area contributed by atoms with Gasteiger partial charge < -0.3 is 15.0 Å². The van der Waals surface area contributed by atoms with E-state index in [4.69, 9.17) is 16.3 Å². The molecule has 1 unspecified atom stereocenters. The summed E-state index contributed by atoms with van der Waals surface area (Å²) in [6.45, 7) is 4.66. The van der Waals surface area contributed by atoms with Crippen molar-refractivity contribution in [1.29, 1.82) is 0 Å². The lowest BCUT2D eigenvalue weighted by Crippen LogP contribution is -2.42. The molecular formula is C14H21ClN2O. The van der Waals surface area contributed by atoms with Crippen LogP contribution in [0.5, 0.6) is 0 Å². The highest BCUT2D eigenvalue weighted by atomic mass is 35.5. The fraction of sp³-hybridized carbons (Fsp3) is 0.571. The largest absolute Gasteiger partial charge is 0.379 e. The molecule has 1 aliphatic rings.